The summed E-state index contributed by atoms with van der Waals surface area (Å²) in [6, 6.07) is 22.5. The van der Waals surface area contributed by atoms with E-state index in [1.807, 2.05) is 68.4 Å². The first-order valence-electron chi connectivity index (χ1n) is 10.9. The number of rotatable bonds is 9. The molecule has 33 heavy (non-hydrogen) atoms. The maximum atomic E-state index is 13.5. The summed E-state index contributed by atoms with van der Waals surface area (Å²) < 4.78 is 14.3. The van der Waals surface area contributed by atoms with Gasteiger partial charge in [-0.05, 0) is 54.8 Å². The van der Waals surface area contributed by atoms with Gasteiger partial charge in [0.15, 0.2) is 0 Å². The summed E-state index contributed by atoms with van der Waals surface area (Å²) in [6.45, 7) is 4.09. The zero-order chi connectivity index (χ0) is 23.8. The zero-order valence-electron chi connectivity index (χ0n) is 18.8. The Balaban J connectivity index is 1.95. The van der Waals surface area contributed by atoms with Crippen LogP contribution >= 0.6 is 15.9 Å². The van der Waals surface area contributed by atoms with E-state index in [1.54, 1.807) is 17.0 Å². The molecule has 3 aromatic rings. The van der Waals surface area contributed by atoms with Gasteiger partial charge in [-0.3, -0.25) is 9.59 Å². The van der Waals surface area contributed by atoms with Crippen LogP contribution in [0.5, 0.6) is 0 Å². The van der Waals surface area contributed by atoms with Gasteiger partial charge in [0.1, 0.15) is 11.9 Å². The predicted octanol–water partition coefficient (Wildman–Crippen LogP) is 5.30. The van der Waals surface area contributed by atoms with Crippen molar-refractivity contribution in [3.05, 3.63) is 106 Å². The van der Waals surface area contributed by atoms with Gasteiger partial charge in [-0.25, -0.2) is 4.39 Å². The van der Waals surface area contributed by atoms with Crippen molar-refractivity contribution < 1.29 is 14.0 Å². The summed E-state index contributed by atoms with van der Waals surface area (Å²) in [5.74, 6) is -0.737. The quantitative estimate of drug-likeness (QED) is 0.424. The molecular formula is C27H28BrFN2O2. The summed E-state index contributed by atoms with van der Waals surface area (Å²) in [4.78, 5) is 28.5. The summed E-state index contributed by atoms with van der Waals surface area (Å²) in [7, 11) is 0. The number of halogens is 2. The number of benzene rings is 3. The van der Waals surface area contributed by atoms with Crippen molar-refractivity contribution in [3.8, 4) is 0 Å². The normalized spacial score (nSPS) is 11.8. The highest BCUT2D eigenvalue weighted by Gasteiger charge is 2.30. The third kappa shape index (κ3) is 7.53. The van der Waals surface area contributed by atoms with Crippen LogP contribution in [0.1, 0.15) is 30.5 Å². The standard InChI is InChI=1S/C27H28BrFN2O2/c1-19(2)30-27(33)25(16-20-6-4-3-5-7-20)31(18-22-8-12-23(28)13-9-22)26(32)17-21-10-14-24(29)15-11-21/h3-15,19,25H,16-18H2,1-2H3,(H,30,33)/t25-/m1/s1. The molecule has 0 fully saturated rings. The Bertz CT molecular complexity index is 1050. The molecule has 0 unspecified atom stereocenters. The molecule has 0 aliphatic rings. The number of nitrogens with zero attached hydrogens (tertiary/aromatic N) is 1. The molecule has 3 aromatic carbocycles. The van der Waals surface area contributed by atoms with Gasteiger partial charge in [-0.1, -0.05) is 70.5 Å². The monoisotopic (exact) mass is 510 g/mol. The second-order valence-corrected chi connectivity index (χ2v) is 9.24. The van der Waals surface area contributed by atoms with Crippen LogP contribution < -0.4 is 5.32 Å². The summed E-state index contributed by atoms with van der Waals surface area (Å²) in [5.41, 5.74) is 2.59. The molecule has 0 heterocycles. The highest BCUT2D eigenvalue weighted by atomic mass is 79.9. The minimum Gasteiger partial charge on any atom is -0.352 e. The molecule has 172 valence electrons. The van der Waals surface area contributed by atoms with Crippen molar-refractivity contribution in [2.24, 2.45) is 0 Å². The number of carbonyl (C=O) groups excluding carboxylic acids is 2. The van der Waals surface area contributed by atoms with Gasteiger partial charge in [-0.2, -0.15) is 0 Å². The van der Waals surface area contributed by atoms with Crippen molar-refractivity contribution in [3.63, 3.8) is 0 Å². The molecule has 1 atom stereocenters. The van der Waals surface area contributed by atoms with E-state index in [2.05, 4.69) is 21.2 Å². The Kier molecular flexibility index (Phi) is 8.78. The van der Waals surface area contributed by atoms with E-state index in [0.29, 0.717) is 12.0 Å². The van der Waals surface area contributed by atoms with Crippen LogP contribution in [0.4, 0.5) is 4.39 Å². The smallest absolute Gasteiger partial charge is 0.243 e. The largest absolute Gasteiger partial charge is 0.352 e. The number of hydrogen-bond acceptors (Lipinski definition) is 2. The Morgan fingerprint density at radius 2 is 1.48 bits per heavy atom. The molecule has 6 heteroatoms. The van der Waals surface area contributed by atoms with Gasteiger partial charge in [0, 0.05) is 23.5 Å². The number of carbonyl (C=O) groups is 2. The first kappa shape index (κ1) is 24.6. The molecule has 3 rings (SSSR count). The molecule has 0 radical (unpaired) electrons. The number of hydrogen-bond donors (Lipinski definition) is 1. The molecule has 1 N–H and O–H groups in total. The average molecular weight is 511 g/mol. The SMILES string of the molecule is CC(C)NC(=O)[C@@H](Cc1ccccc1)N(Cc1ccc(Br)cc1)C(=O)Cc1ccc(F)cc1. The predicted molar refractivity (Wildman–Crippen MR) is 132 cm³/mol. The molecule has 0 aliphatic heterocycles. The third-order valence-corrected chi connectivity index (χ3v) is 5.77. The Hall–Kier alpha value is -2.99. The third-order valence-electron chi connectivity index (χ3n) is 5.24. The fourth-order valence-electron chi connectivity index (χ4n) is 3.60. The van der Waals surface area contributed by atoms with Crippen LogP contribution in [0.3, 0.4) is 0 Å². The molecule has 0 aromatic heterocycles. The number of nitrogens with one attached hydrogen (secondary N) is 1. The summed E-state index contributed by atoms with van der Waals surface area (Å²) in [5, 5.41) is 2.97. The van der Waals surface area contributed by atoms with Crippen molar-refractivity contribution >= 4 is 27.7 Å². The minimum absolute atomic E-state index is 0.0579. The molecule has 0 saturated heterocycles. The van der Waals surface area contributed by atoms with Crippen LogP contribution in [0.15, 0.2) is 83.3 Å². The first-order chi connectivity index (χ1) is 15.8. The molecule has 0 saturated carbocycles. The Labute approximate surface area is 202 Å². The molecule has 2 amide bonds. The number of amides is 2. The molecule has 4 nitrogen and oxygen atoms in total. The van der Waals surface area contributed by atoms with E-state index in [-0.39, 0.29) is 36.6 Å². The van der Waals surface area contributed by atoms with Crippen LogP contribution in [0.25, 0.3) is 0 Å². The second-order valence-electron chi connectivity index (χ2n) is 8.32. The van der Waals surface area contributed by atoms with Crippen molar-refractivity contribution in [2.45, 2.75) is 45.3 Å². The average Bonchev–Trinajstić information content (AvgIpc) is 2.79. The topological polar surface area (TPSA) is 49.4 Å². The minimum atomic E-state index is -0.689. The fourth-order valence-corrected chi connectivity index (χ4v) is 3.86. The van der Waals surface area contributed by atoms with Gasteiger partial charge < -0.3 is 10.2 Å². The maximum absolute atomic E-state index is 13.5. The van der Waals surface area contributed by atoms with E-state index < -0.39 is 6.04 Å². The van der Waals surface area contributed by atoms with E-state index in [1.165, 1.54) is 12.1 Å². The lowest BCUT2D eigenvalue weighted by Gasteiger charge is -2.32. The Morgan fingerprint density at radius 1 is 0.879 bits per heavy atom. The van der Waals surface area contributed by atoms with Crippen LogP contribution in [-0.2, 0) is 29.0 Å². The van der Waals surface area contributed by atoms with Crippen molar-refractivity contribution in [2.75, 3.05) is 0 Å². The first-order valence-corrected chi connectivity index (χ1v) is 11.7. The maximum Gasteiger partial charge on any atom is 0.243 e. The molecule has 0 bridgehead atoms. The molecule has 0 spiro atoms. The van der Waals surface area contributed by atoms with Crippen LogP contribution in [0, 0.1) is 5.82 Å². The Morgan fingerprint density at radius 3 is 2.09 bits per heavy atom. The summed E-state index contributed by atoms with van der Waals surface area (Å²) >= 11 is 3.44. The lowest BCUT2D eigenvalue weighted by molar-refractivity contribution is -0.141. The van der Waals surface area contributed by atoms with Gasteiger partial charge in [0.05, 0.1) is 6.42 Å². The van der Waals surface area contributed by atoms with E-state index in [4.69, 9.17) is 0 Å². The molecular weight excluding hydrogens is 483 g/mol. The van der Waals surface area contributed by atoms with E-state index in [9.17, 15) is 14.0 Å². The lowest BCUT2D eigenvalue weighted by Crippen LogP contribution is -2.52. The van der Waals surface area contributed by atoms with E-state index in [0.717, 1.165) is 15.6 Å². The van der Waals surface area contributed by atoms with Crippen LogP contribution in [-0.4, -0.2) is 28.8 Å². The van der Waals surface area contributed by atoms with Crippen LogP contribution in [0.2, 0.25) is 0 Å². The molecule has 0 aliphatic carbocycles. The van der Waals surface area contributed by atoms with Gasteiger partial charge in [-0.15, -0.1) is 0 Å². The summed E-state index contributed by atoms with van der Waals surface area (Å²) in [6.07, 6.45) is 0.474. The highest BCUT2D eigenvalue weighted by molar-refractivity contribution is 9.10. The van der Waals surface area contributed by atoms with Crippen molar-refractivity contribution in [1.29, 1.82) is 0 Å². The van der Waals surface area contributed by atoms with Gasteiger partial charge in [0.25, 0.3) is 0 Å². The second kappa shape index (κ2) is 11.8. The fraction of sp³-hybridized carbons (Fsp3) is 0.259. The van der Waals surface area contributed by atoms with Crippen molar-refractivity contribution in [1.82, 2.24) is 10.2 Å². The lowest BCUT2D eigenvalue weighted by atomic mass is 10.0. The van der Waals surface area contributed by atoms with E-state index >= 15 is 0 Å². The highest BCUT2D eigenvalue weighted by Crippen LogP contribution is 2.18. The van der Waals surface area contributed by atoms with Gasteiger partial charge >= 0.3 is 0 Å². The zero-order valence-corrected chi connectivity index (χ0v) is 20.4. The van der Waals surface area contributed by atoms with Gasteiger partial charge in [0.2, 0.25) is 11.8 Å².